The number of carbonyl (C=O) groups excluding carboxylic acids is 1. The molecule has 2 aliphatic heterocycles. The number of rotatable bonds is 11. The molecule has 0 spiro atoms. The van der Waals surface area contributed by atoms with E-state index >= 15 is 0 Å². The Kier molecular flexibility index (Phi) is 12.5. The first-order valence-electron chi connectivity index (χ1n) is 18.4. The minimum absolute atomic E-state index is 0.102. The van der Waals surface area contributed by atoms with Crippen molar-refractivity contribution in [2.75, 3.05) is 33.0 Å². The van der Waals surface area contributed by atoms with Crippen molar-refractivity contribution < 1.29 is 48.7 Å². The van der Waals surface area contributed by atoms with Gasteiger partial charge in [-0.3, -0.25) is 4.79 Å². The van der Waals surface area contributed by atoms with Crippen LogP contribution in [0.1, 0.15) is 68.5 Å². The Morgan fingerprint density at radius 3 is 1.68 bits per heavy atom. The van der Waals surface area contributed by atoms with Gasteiger partial charge >= 0.3 is 11.8 Å². The molecule has 0 atom stereocenters. The maximum Gasteiger partial charge on any atom is 0.302 e. The molecule has 1 N–H and O–H groups in total. The molecule has 0 saturated carbocycles. The van der Waals surface area contributed by atoms with Gasteiger partial charge in [0.15, 0.2) is 11.6 Å². The van der Waals surface area contributed by atoms with Crippen LogP contribution in [-0.2, 0) is 53.5 Å². The number of carbonyl (C=O) groups is 1. The summed E-state index contributed by atoms with van der Waals surface area (Å²) in [7, 11) is -2.66. The first-order chi connectivity index (χ1) is 26.8. The van der Waals surface area contributed by atoms with E-state index in [-0.39, 0.29) is 50.0 Å². The van der Waals surface area contributed by atoms with Crippen LogP contribution < -0.4 is 5.32 Å². The van der Waals surface area contributed by atoms with Crippen molar-refractivity contribution in [3.63, 3.8) is 0 Å². The first kappa shape index (κ1) is 42.6. The number of ether oxygens (including phenoxy) is 2. The molecule has 0 aliphatic carbocycles. The second kappa shape index (κ2) is 16.7. The summed E-state index contributed by atoms with van der Waals surface area (Å²) in [6.45, 7) is 6.91. The second-order valence-electron chi connectivity index (χ2n) is 14.3. The zero-order valence-corrected chi connectivity index (χ0v) is 33.8. The van der Waals surface area contributed by atoms with Gasteiger partial charge in [0.2, 0.25) is 0 Å². The van der Waals surface area contributed by atoms with Gasteiger partial charge in [0, 0.05) is 83.0 Å². The fraction of sp³-hybridized carbons (Fsp3) is 0.486. The molecule has 5 heterocycles. The minimum atomic E-state index is -4.04. The first-order valence-corrected chi connectivity index (χ1v) is 22.1. The fourth-order valence-corrected chi connectivity index (χ4v) is 8.98. The van der Waals surface area contributed by atoms with Crippen LogP contribution in [0.3, 0.4) is 0 Å². The van der Waals surface area contributed by atoms with E-state index in [0.29, 0.717) is 57.1 Å². The van der Waals surface area contributed by atoms with Crippen molar-refractivity contribution in [3.05, 3.63) is 72.1 Å². The monoisotopic (exact) mass is 858 g/mol. The Bertz CT molecular complexity index is 2460. The lowest BCUT2D eigenvalue weighted by Gasteiger charge is -2.24. The van der Waals surface area contributed by atoms with Crippen molar-refractivity contribution in [2.45, 2.75) is 81.2 Å². The van der Waals surface area contributed by atoms with E-state index in [9.17, 15) is 39.2 Å². The lowest BCUT2D eigenvalue weighted by molar-refractivity contribution is 0.00156. The van der Waals surface area contributed by atoms with Crippen LogP contribution in [0, 0.1) is 11.8 Å². The number of benzene rings is 2. The molecule has 2 aliphatic rings. The summed E-state index contributed by atoms with van der Waals surface area (Å²) in [4.78, 5) is 19.8. The highest BCUT2D eigenvalue weighted by Crippen LogP contribution is 2.34. The number of hydrogen-bond donors (Lipinski definition) is 1. The van der Waals surface area contributed by atoms with Crippen molar-refractivity contribution in [2.24, 2.45) is 11.8 Å². The summed E-state index contributed by atoms with van der Waals surface area (Å²) in [5, 5.41) is 2.61. The van der Waals surface area contributed by atoms with Crippen LogP contribution in [0.15, 0.2) is 64.6 Å². The second-order valence-corrected chi connectivity index (χ2v) is 18.7. The summed E-state index contributed by atoms with van der Waals surface area (Å²) in [6.07, 6.45) is 5.62. The Morgan fingerprint density at radius 2 is 1.25 bits per heavy atom. The number of halogens is 5. The van der Waals surface area contributed by atoms with Crippen LogP contribution in [0.25, 0.3) is 22.1 Å². The largest absolute Gasteiger partial charge is 0.381 e. The number of alkyl halides is 4. The number of fused-ring (bicyclic) bond motifs is 2. The molecule has 57 heavy (non-hydrogen) atoms. The quantitative estimate of drug-likeness (QED) is 0.111. The highest BCUT2D eigenvalue weighted by atomic mass is 35.7. The maximum atomic E-state index is 14.4. The zero-order chi connectivity index (χ0) is 41.3. The molecule has 3 aromatic heterocycles. The van der Waals surface area contributed by atoms with Gasteiger partial charge in [-0.1, -0.05) is 0 Å². The van der Waals surface area contributed by atoms with Crippen LogP contribution in [-0.4, -0.2) is 78.8 Å². The van der Waals surface area contributed by atoms with Crippen LogP contribution in [0.4, 0.5) is 17.6 Å². The molecule has 1 amide bonds. The Labute approximate surface area is 331 Å². The zero-order valence-electron chi connectivity index (χ0n) is 31.4. The molecule has 7 rings (SSSR count). The minimum Gasteiger partial charge on any atom is -0.381 e. The third kappa shape index (κ3) is 9.64. The molecular weight excluding hydrogens is 816 g/mol. The summed E-state index contributed by atoms with van der Waals surface area (Å²) in [5.41, 5.74) is 1.50. The van der Waals surface area contributed by atoms with E-state index in [0.717, 1.165) is 43.5 Å². The molecule has 0 bridgehead atoms. The highest BCUT2D eigenvalue weighted by Gasteiger charge is 2.35. The number of nitrogens with zero attached hydrogens (tertiary/aromatic N) is 5. The molecule has 0 radical (unpaired) electrons. The van der Waals surface area contributed by atoms with E-state index in [2.05, 4.69) is 15.3 Å². The van der Waals surface area contributed by atoms with Crippen LogP contribution in [0.5, 0.6) is 0 Å². The van der Waals surface area contributed by atoms with Gasteiger partial charge in [-0.25, -0.2) is 30.8 Å². The van der Waals surface area contributed by atoms with Gasteiger partial charge in [-0.15, -0.1) is 0 Å². The number of amides is 1. The van der Waals surface area contributed by atoms with Crippen molar-refractivity contribution >= 4 is 57.7 Å². The Balaban J connectivity index is 0.000000203. The van der Waals surface area contributed by atoms with Gasteiger partial charge in [0.1, 0.15) is 0 Å². The fourth-order valence-electron chi connectivity index (χ4n) is 6.99. The smallest absolute Gasteiger partial charge is 0.302 e. The van der Waals surface area contributed by atoms with E-state index in [1.807, 2.05) is 0 Å². The standard InChI is InChI=1S/C22H26F2N4O4S.C15H17ClF2N2O3S/c1-3-25-20(29)16-6-9-27(14-16)33(30,31)17-4-5-19-18(12-17)26-21(22(2,23)24)28(19)13-15-7-10-32-11-8-15;1-15(17,18)14-19-12-8-11(24(16,21)22)2-3-13(12)20(14)9-10-4-6-23-7-5-10/h4-6,9,12,14-15H,3,7-8,10-11,13H2,1-2H3,(H,25,29);2-3,8,10H,4-7,9H2,1H3. The average Bonchev–Trinajstić information content (AvgIpc) is 3.89. The molecule has 2 fully saturated rings. The highest BCUT2D eigenvalue weighted by molar-refractivity contribution is 8.13. The third-order valence-corrected chi connectivity index (χ3v) is 12.9. The van der Waals surface area contributed by atoms with Gasteiger partial charge in [0.25, 0.3) is 25.0 Å². The van der Waals surface area contributed by atoms with Gasteiger partial charge < -0.3 is 23.9 Å². The lowest BCUT2D eigenvalue weighted by Crippen LogP contribution is -2.24. The average molecular weight is 859 g/mol. The number of imidazole rings is 2. The maximum absolute atomic E-state index is 14.4. The Morgan fingerprint density at radius 1 is 0.789 bits per heavy atom. The van der Waals surface area contributed by atoms with Gasteiger partial charge in [-0.05, 0) is 86.9 Å². The molecule has 5 aromatic rings. The SMILES string of the molecule is CC(F)(F)c1nc2cc(S(=O)(=O)Cl)ccc2n1CC1CCOCC1.CCNC(=O)c1ccn(S(=O)(=O)c2ccc3c(c2)nc(C(C)(F)F)n3CC2CCOCC2)c1. The van der Waals surface area contributed by atoms with E-state index in [1.54, 1.807) is 6.92 Å². The van der Waals surface area contributed by atoms with Crippen molar-refractivity contribution in [1.29, 1.82) is 0 Å². The molecular formula is C37H43ClF4N6O7S2. The van der Waals surface area contributed by atoms with E-state index in [1.165, 1.54) is 64.0 Å². The normalized spacial score (nSPS) is 16.5. The summed E-state index contributed by atoms with van der Waals surface area (Å²) in [5.74, 6) is -7.08. The summed E-state index contributed by atoms with van der Waals surface area (Å²) in [6, 6.07) is 9.61. The molecule has 13 nitrogen and oxygen atoms in total. The number of hydrogen-bond acceptors (Lipinski definition) is 9. The predicted molar refractivity (Wildman–Crippen MR) is 204 cm³/mol. The summed E-state index contributed by atoms with van der Waals surface area (Å²) >= 11 is 0. The number of aromatic nitrogens is 5. The predicted octanol–water partition coefficient (Wildman–Crippen LogP) is 6.86. The van der Waals surface area contributed by atoms with E-state index in [4.69, 9.17) is 20.2 Å². The van der Waals surface area contributed by atoms with Crippen molar-refractivity contribution in [1.82, 2.24) is 28.4 Å². The topological polar surface area (TPSA) is 156 Å². The molecule has 2 saturated heterocycles. The van der Waals surface area contributed by atoms with Crippen LogP contribution in [0.2, 0.25) is 0 Å². The lowest BCUT2D eigenvalue weighted by atomic mass is 10.00. The van der Waals surface area contributed by atoms with E-state index < -0.39 is 36.7 Å². The third-order valence-electron chi connectivity index (χ3n) is 9.91. The van der Waals surface area contributed by atoms with Gasteiger partial charge in [-0.2, -0.15) is 17.6 Å². The van der Waals surface area contributed by atoms with Crippen LogP contribution >= 0.6 is 10.7 Å². The molecule has 0 unspecified atom stereocenters. The Hall–Kier alpha value is -4.04. The van der Waals surface area contributed by atoms with Crippen molar-refractivity contribution in [3.8, 4) is 0 Å². The molecule has 310 valence electrons. The summed E-state index contributed by atoms with van der Waals surface area (Å²) < 4.78 is 120. The molecule has 20 heteroatoms. The number of nitrogens with one attached hydrogen (secondary N) is 1. The van der Waals surface area contributed by atoms with Gasteiger partial charge in [0.05, 0.1) is 37.4 Å². The molecule has 2 aromatic carbocycles.